The lowest BCUT2D eigenvalue weighted by molar-refractivity contribution is 0.0953. The molecule has 1 aromatic carbocycles. The van der Waals surface area contributed by atoms with E-state index in [9.17, 15) is 9.59 Å². The number of H-pyrrole nitrogens is 1. The Morgan fingerprint density at radius 1 is 1.30 bits per heavy atom. The Balaban J connectivity index is 1.46. The average molecular weight is 386 g/mol. The molecule has 0 aliphatic rings. The Hall–Kier alpha value is -2.71. The van der Waals surface area contributed by atoms with Crippen LogP contribution in [0.5, 0.6) is 0 Å². The van der Waals surface area contributed by atoms with E-state index in [0.717, 1.165) is 13.0 Å². The van der Waals surface area contributed by atoms with E-state index < -0.39 is 5.76 Å². The Labute approximate surface area is 161 Å². The first-order valence-electron chi connectivity index (χ1n) is 8.71. The number of benzene rings is 1. The highest BCUT2D eigenvalue weighted by Gasteiger charge is 2.14. The zero-order valence-electron chi connectivity index (χ0n) is 15.3. The molecule has 0 aliphatic carbocycles. The minimum absolute atomic E-state index is 0.130. The van der Waals surface area contributed by atoms with Crippen molar-refractivity contribution in [1.82, 2.24) is 20.4 Å². The zero-order chi connectivity index (χ0) is 19.2. The van der Waals surface area contributed by atoms with Gasteiger partial charge in [-0.2, -0.15) is 0 Å². The van der Waals surface area contributed by atoms with Crippen LogP contribution in [0.1, 0.15) is 28.6 Å². The van der Waals surface area contributed by atoms with Crippen LogP contribution >= 0.6 is 11.3 Å². The molecule has 2 heterocycles. The lowest BCUT2D eigenvalue weighted by Gasteiger charge is -2.24. The van der Waals surface area contributed by atoms with Crippen molar-refractivity contribution in [3.05, 3.63) is 63.5 Å². The number of rotatable bonds is 8. The summed E-state index contributed by atoms with van der Waals surface area (Å²) in [5.74, 6) is -0.409. The molecular weight excluding hydrogens is 364 g/mol. The average Bonchev–Trinajstić information content (AvgIpc) is 3.31. The van der Waals surface area contributed by atoms with Crippen molar-refractivity contribution >= 4 is 17.2 Å². The van der Waals surface area contributed by atoms with Crippen LogP contribution in [-0.2, 0) is 6.54 Å². The Bertz CT molecular complexity index is 932. The maximum atomic E-state index is 12.3. The second-order valence-electron chi connectivity index (χ2n) is 6.40. The van der Waals surface area contributed by atoms with Crippen molar-refractivity contribution in [3.8, 4) is 10.7 Å². The smallest absolute Gasteiger partial charge is 0.351 e. The van der Waals surface area contributed by atoms with Gasteiger partial charge in [0.05, 0.1) is 9.75 Å². The van der Waals surface area contributed by atoms with Gasteiger partial charge in [0, 0.05) is 19.1 Å². The number of nitrogens with one attached hydrogen (secondary N) is 2. The Morgan fingerprint density at radius 2 is 2.07 bits per heavy atom. The normalized spacial score (nSPS) is 12.3. The van der Waals surface area contributed by atoms with Gasteiger partial charge in [0.25, 0.3) is 5.91 Å². The van der Waals surface area contributed by atoms with Gasteiger partial charge < -0.3 is 5.32 Å². The monoisotopic (exact) mass is 386 g/mol. The molecule has 0 saturated heterocycles. The van der Waals surface area contributed by atoms with E-state index in [-0.39, 0.29) is 5.91 Å². The third-order valence-corrected chi connectivity index (χ3v) is 5.47. The van der Waals surface area contributed by atoms with Crippen LogP contribution in [0.2, 0.25) is 0 Å². The molecule has 2 aromatic heterocycles. The molecule has 3 aromatic rings. The summed E-state index contributed by atoms with van der Waals surface area (Å²) in [6.45, 7) is 3.62. The topological polar surface area (TPSA) is 91.2 Å². The SMILES string of the molecule is CC(CCNC(=O)c1ccc(-c2noc(=O)[nH]2)s1)N(C)Cc1ccccc1. The molecule has 0 spiro atoms. The van der Waals surface area contributed by atoms with E-state index in [1.54, 1.807) is 12.1 Å². The molecule has 0 saturated carbocycles. The van der Waals surface area contributed by atoms with Gasteiger partial charge in [-0.3, -0.25) is 19.2 Å². The number of amides is 1. The van der Waals surface area contributed by atoms with Crippen LogP contribution < -0.4 is 11.1 Å². The van der Waals surface area contributed by atoms with Crippen molar-refractivity contribution in [1.29, 1.82) is 0 Å². The van der Waals surface area contributed by atoms with Crippen molar-refractivity contribution < 1.29 is 9.32 Å². The number of carbonyl (C=O) groups excluding carboxylic acids is 1. The van der Waals surface area contributed by atoms with Crippen molar-refractivity contribution in [2.75, 3.05) is 13.6 Å². The highest BCUT2D eigenvalue weighted by molar-refractivity contribution is 7.17. The minimum atomic E-state index is -0.613. The molecule has 142 valence electrons. The molecule has 2 N–H and O–H groups in total. The maximum absolute atomic E-state index is 12.3. The maximum Gasteiger partial charge on any atom is 0.439 e. The van der Waals surface area contributed by atoms with Crippen LogP contribution in [0, 0.1) is 0 Å². The van der Waals surface area contributed by atoms with Crippen LogP contribution in [0.4, 0.5) is 0 Å². The van der Waals surface area contributed by atoms with E-state index in [2.05, 4.69) is 51.0 Å². The summed E-state index contributed by atoms with van der Waals surface area (Å²) >= 11 is 1.26. The summed E-state index contributed by atoms with van der Waals surface area (Å²) in [6, 6.07) is 14.1. The van der Waals surface area contributed by atoms with Crippen molar-refractivity contribution in [2.24, 2.45) is 0 Å². The molecule has 0 aliphatic heterocycles. The standard InChI is InChI=1S/C19H22N4O3S/c1-13(23(2)12-14-6-4-3-5-7-14)10-11-20-18(24)16-9-8-15(27-16)17-21-19(25)26-22-17/h3-9,13H,10-12H2,1-2H3,(H,20,24)(H,21,22,25). The molecule has 3 rings (SSSR count). The molecular formula is C19H22N4O3S. The molecule has 7 nitrogen and oxygen atoms in total. The predicted octanol–water partition coefficient (Wildman–Crippen LogP) is 2.73. The number of aromatic amines is 1. The number of thiophene rings is 1. The van der Waals surface area contributed by atoms with Gasteiger partial charge in [-0.05, 0) is 38.1 Å². The summed E-state index contributed by atoms with van der Waals surface area (Å²) in [4.78, 5) is 29.3. The number of nitrogens with zero attached hydrogens (tertiary/aromatic N) is 2. The van der Waals surface area contributed by atoms with E-state index in [1.807, 2.05) is 18.2 Å². The van der Waals surface area contributed by atoms with E-state index in [4.69, 9.17) is 0 Å². The van der Waals surface area contributed by atoms with Gasteiger partial charge in [0.1, 0.15) is 0 Å². The van der Waals surface area contributed by atoms with Gasteiger partial charge in [0.15, 0.2) is 5.82 Å². The minimum Gasteiger partial charge on any atom is -0.351 e. The van der Waals surface area contributed by atoms with Crippen molar-refractivity contribution in [3.63, 3.8) is 0 Å². The lowest BCUT2D eigenvalue weighted by Crippen LogP contribution is -2.33. The fraction of sp³-hybridized carbons (Fsp3) is 0.316. The first-order chi connectivity index (χ1) is 13.0. The summed E-state index contributed by atoms with van der Waals surface area (Å²) in [5.41, 5.74) is 1.27. The molecule has 8 heteroatoms. The summed E-state index contributed by atoms with van der Waals surface area (Å²) in [7, 11) is 2.09. The van der Waals surface area contributed by atoms with Crippen LogP contribution in [0.15, 0.2) is 51.8 Å². The number of hydrogen-bond donors (Lipinski definition) is 2. The van der Waals surface area contributed by atoms with Gasteiger partial charge in [0.2, 0.25) is 0 Å². The van der Waals surface area contributed by atoms with Gasteiger partial charge >= 0.3 is 5.76 Å². The van der Waals surface area contributed by atoms with Crippen LogP contribution in [0.3, 0.4) is 0 Å². The second-order valence-corrected chi connectivity index (χ2v) is 7.49. The van der Waals surface area contributed by atoms with E-state index in [0.29, 0.717) is 28.2 Å². The summed E-state index contributed by atoms with van der Waals surface area (Å²) in [5, 5.41) is 6.58. The first-order valence-corrected chi connectivity index (χ1v) is 9.53. The third-order valence-electron chi connectivity index (χ3n) is 4.38. The molecule has 0 fully saturated rings. The predicted molar refractivity (Wildman–Crippen MR) is 105 cm³/mol. The zero-order valence-corrected chi connectivity index (χ0v) is 16.1. The van der Waals surface area contributed by atoms with E-state index in [1.165, 1.54) is 16.9 Å². The molecule has 1 unspecified atom stereocenters. The summed E-state index contributed by atoms with van der Waals surface area (Å²) in [6.07, 6.45) is 0.851. The largest absolute Gasteiger partial charge is 0.439 e. The molecule has 1 amide bonds. The van der Waals surface area contributed by atoms with Gasteiger partial charge in [-0.1, -0.05) is 35.5 Å². The molecule has 0 bridgehead atoms. The number of carbonyl (C=O) groups is 1. The number of hydrogen-bond acceptors (Lipinski definition) is 6. The Morgan fingerprint density at radius 3 is 2.78 bits per heavy atom. The highest BCUT2D eigenvalue weighted by Crippen LogP contribution is 2.24. The fourth-order valence-electron chi connectivity index (χ4n) is 2.65. The highest BCUT2D eigenvalue weighted by atomic mass is 32.1. The molecule has 1 atom stereocenters. The number of aromatic nitrogens is 2. The Kier molecular flexibility index (Phi) is 6.20. The third kappa shape index (κ3) is 5.15. The van der Waals surface area contributed by atoms with Gasteiger partial charge in [-0.15, -0.1) is 11.3 Å². The van der Waals surface area contributed by atoms with E-state index >= 15 is 0 Å². The molecule has 27 heavy (non-hydrogen) atoms. The quantitative estimate of drug-likeness (QED) is 0.621. The van der Waals surface area contributed by atoms with Crippen molar-refractivity contribution in [2.45, 2.75) is 25.9 Å². The fourth-order valence-corrected chi connectivity index (χ4v) is 3.51. The summed E-state index contributed by atoms with van der Waals surface area (Å²) < 4.78 is 4.49. The first kappa shape index (κ1) is 19.1. The second kappa shape index (κ2) is 8.79. The van der Waals surface area contributed by atoms with Crippen LogP contribution in [-0.4, -0.2) is 40.6 Å². The van der Waals surface area contributed by atoms with Gasteiger partial charge in [-0.25, -0.2) is 4.79 Å². The molecule has 0 radical (unpaired) electrons. The lowest BCUT2D eigenvalue weighted by atomic mass is 10.1. The van der Waals surface area contributed by atoms with Crippen LogP contribution in [0.25, 0.3) is 10.7 Å².